The molecule has 4 heteroatoms. The van der Waals surface area contributed by atoms with Crippen molar-refractivity contribution in [1.29, 1.82) is 0 Å². The molecule has 0 amide bonds. The van der Waals surface area contributed by atoms with Gasteiger partial charge in [0.15, 0.2) is 0 Å². The van der Waals surface area contributed by atoms with Gasteiger partial charge in [0.05, 0.1) is 0 Å². The number of nitrogens with one attached hydrogen (secondary N) is 2. The lowest BCUT2D eigenvalue weighted by Gasteiger charge is -2.52. The van der Waals surface area contributed by atoms with Crippen molar-refractivity contribution in [2.24, 2.45) is 0 Å². The highest BCUT2D eigenvalue weighted by molar-refractivity contribution is 5.71. The monoisotopic (exact) mass is 646 g/mol. The Bertz CT molecular complexity index is 1520. The summed E-state index contributed by atoms with van der Waals surface area (Å²) in [6.07, 6.45) is 5.02. The molecule has 2 aliphatic rings. The van der Waals surface area contributed by atoms with Gasteiger partial charge in [0.1, 0.15) is 0 Å². The minimum absolute atomic E-state index is 0.109. The Morgan fingerprint density at radius 2 is 0.854 bits per heavy atom. The molecule has 0 spiro atoms. The van der Waals surface area contributed by atoms with E-state index >= 15 is 0 Å². The molecule has 4 aromatic rings. The van der Waals surface area contributed by atoms with Crippen LogP contribution < -0.4 is 0 Å². The number of likely N-dealkylation sites (tertiary alicyclic amines) is 2. The van der Waals surface area contributed by atoms with E-state index in [1.54, 1.807) is 0 Å². The molecule has 258 valence electrons. The van der Waals surface area contributed by atoms with E-state index in [2.05, 4.69) is 150 Å². The van der Waals surface area contributed by atoms with Gasteiger partial charge in [-0.15, -0.1) is 0 Å². The van der Waals surface area contributed by atoms with Gasteiger partial charge in [-0.1, -0.05) is 91.8 Å². The van der Waals surface area contributed by atoms with E-state index < -0.39 is 0 Å². The smallest absolute Gasteiger partial charge is 0.0462 e. The first-order valence-electron chi connectivity index (χ1n) is 19.0. The number of nitrogens with zero attached hydrogens (tertiary/aromatic N) is 2. The Balaban J connectivity index is 1.24. The van der Waals surface area contributed by atoms with Crippen LogP contribution in [0.3, 0.4) is 0 Å². The molecule has 2 aromatic heterocycles. The zero-order valence-corrected chi connectivity index (χ0v) is 31.6. The van der Waals surface area contributed by atoms with Crippen molar-refractivity contribution in [2.75, 3.05) is 13.1 Å². The predicted molar refractivity (Wildman–Crippen MR) is 205 cm³/mol. The minimum Gasteiger partial charge on any atom is -0.357 e. The number of hydrogen-bond acceptors (Lipinski definition) is 2. The van der Waals surface area contributed by atoms with Gasteiger partial charge in [0.2, 0.25) is 0 Å². The second-order valence-electron chi connectivity index (χ2n) is 16.6. The van der Waals surface area contributed by atoms with Gasteiger partial charge >= 0.3 is 0 Å². The number of H-pyrrole nitrogens is 2. The van der Waals surface area contributed by atoms with E-state index in [-0.39, 0.29) is 11.1 Å². The average molecular weight is 647 g/mol. The van der Waals surface area contributed by atoms with E-state index in [0.717, 1.165) is 26.2 Å². The van der Waals surface area contributed by atoms with E-state index in [9.17, 15) is 0 Å². The molecule has 48 heavy (non-hydrogen) atoms. The first kappa shape index (κ1) is 34.8. The number of aromatic amines is 2. The third-order valence-electron chi connectivity index (χ3n) is 12.2. The molecular weight excluding hydrogens is 585 g/mol. The van der Waals surface area contributed by atoms with Crippen molar-refractivity contribution in [3.05, 3.63) is 94.3 Å². The fourth-order valence-corrected chi connectivity index (χ4v) is 9.26. The largest absolute Gasteiger partial charge is 0.357 e. The summed E-state index contributed by atoms with van der Waals surface area (Å²) in [7, 11) is 0. The van der Waals surface area contributed by atoms with Crippen LogP contribution in [0.4, 0.5) is 0 Å². The topological polar surface area (TPSA) is 38.1 Å². The molecule has 0 radical (unpaired) electrons. The van der Waals surface area contributed by atoms with Gasteiger partial charge < -0.3 is 9.97 Å². The molecule has 2 saturated heterocycles. The average Bonchev–Trinajstić information content (AvgIpc) is 3.86. The fraction of sp³-hybridized carbons (Fsp3) is 0.545. The van der Waals surface area contributed by atoms with E-state index in [1.807, 2.05) is 0 Å². The summed E-state index contributed by atoms with van der Waals surface area (Å²) in [4.78, 5) is 13.5. The molecule has 2 aromatic carbocycles. The van der Waals surface area contributed by atoms with E-state index in [0.29, 0.717) is 23.7 Å². The molecular formula is C44H62N4. The SMILES string of the molecule is CC(C)c1cccc(C(C)C)c1-c1ccc(CN2CCC[C@@]2(C)[C@]2(C)CCCN2Cc2ccc(-c3c(C(C)C)cccc3C(C)C)[nH]2)[nH]1. The maximum Gasteiger partial charge on any atom is 0.0462 e. The summed E-state index contributed by atoms with van der Waals surface area (Å²) in [5, 5.41) is 0. The maximum absolute atomic E-state index is 3.92. The van der Waals surface area contributed by atoms with E-state index in [4.69, 9.17) is 0 Å². The number of rotatable bonds is 11. The minimum atomic E-state index is 0.109. The molecule has 4 nitrogen and oxygen atoms in total. The molecule has 0 bridgehead atoms. The van der Waals surface area contributed by atoms with Gasteiger partial charge in [0.25, 0.3) is 0 Å². The first-order valence-corrected chi connectivity index (χ1v) is 19.0. The van der Waals surface area contributed by atoms with Crippen LogP contribution in [-0.4, -0.2) is 43.9 Å². The zero-order chi connectivity index (χ0) is 34.4. The number of aromatic nitrogens is 2. The summed E-state index contributed by atoms with van der Waals surface area (Å²) in [6.45, 7) is 27.9. The fourth-order valence-electron chi connectivity index (χ4n) is 9.26. The molecule has 2 atom stereocenters. The van der Waals surface area contributed by atoms with Crippen LogP contribution in [0.25, 0.3) is 22.5 Å². The maximum atomic E-state index is 3.92. The second kappa shape index (κ2) is 13.7. The molecule has 0 unspecified atom stereocenters. The lowest BCUT2D eigenvalue weighted by molar-refractivity contribution is -0.0210. The van der Waals surface area contributed by atoms with Crippen molar-refractivity contribution in [3.8, 4) is 22.5 Å². The summed E-state index contributed by atoms with van der Waals surface area (Å²) in [5.74, 6) is 1.94. The highest BCUT2D eigenvalue weighted by Gasteiger charge is 2.55. The van der Waals surface area contributed by atoms with Gasteiger partial charge in [-0.3, -0.25) is 9.80 Å². The highest BCUT2D eigenvalue weighted by atomic mass is 15.3. The Labute approximate surface area is 291 Å². The quantitative estimate of drug-likeness (QED) is 0.170. The van der Waals surface area contributed by atoms with Crippen molar-refractivity contribution >= 4 is 0 Å². The standard InChI is InChI=1S/C44H62N4/c1-29(2)35-15-11-16-36(30(3)4)41(35)39-21-19-33(45-39)27-47-25-13-23-43(47,9)44(10)24-14-26-48(44)28-34-20-22-40(46-34)42-37(31(5)6)17-12-18-38(42)32(7)8/h11-12,15-22,29-32,45-46H,13-14,23-28H2,1-10H3/t43-,44-/m0/s1. The molecule has 6 rings (SSSR count). The zero-order valence-electron chi connectivity index (χ0n) is 31.6. The number of benzene rings is 2. The van der Waals surface area contributed by atoms with Crippen LogP contribution in [0.2, 0.25) is 0 Å². The second-order valence-corrected chi connectivity index (χ2v) is 16.6. The van der Waals surface area contributed by atoms with Crippen LogP contribution in [-0.2, 0) is 13.1 Å². The summed E-state index contributed by atoms with van der Waals surface area (Å²) >= 11 is 0. The van der Waals surface area contributed by atoms with Crippen LogP contribution in [0, 0.1) is 0 Å². The summed E-state index contributed by atoms with van der Waals surface area (Å²) in [5.41, 5.74) is 14.0. The van der Waals surface area contributed by atoms with E-state index in [1.165, 1.54) is 81.8 Å². The van der Waals surface area contributed by atoms with Crippen molar-refractivity contribution in [2.45, 2.75) is 143 Å². The van der Waals surface area contributed by atoms with Crippen LogP contribution in [0.5, 0.6) is 0 Å². The molecule has 2 fully saturated rings. The molecule has 2 N–H and O–H groups in total. The van der Waals surface area contributed by atoms with Gasteiger partial charge in [-0.2, -0.15) is 0 Å². The summed E-state index contributed by atoms with van der Waals surface area (Å²) < 4.78 is 0. The lowest BCUT2D eigenvalue weighted by atomic mass is 9.75. The molecule has 0 aliphatic carbocycles. The Morgan fingerprint density at radius 1 is 0.521 bits per heavy atom. The summed E-state index contributed by atoms with van der Waals surface area (Å²) in [6, 6.07) is 23.1. The Morgan fingerprint density at radius 3 is 1.17 bits per heavy atom. The third kappa shape index (κ3) is 6.24. The Kier molecular flexibility index (Phi) is 9.91. The Hall–Kier alpha value is -3.08. The van der Waals surface area contributed by atoms with Gasteiger partial charge in [0, 0.05) is 58.1 Å². The molecule has 2 aliphatic heterocycles. The van der Waals surface area contributed by atoms with Gasteiger partial charge in [-0.25, -0.2) is 0 Å². The van der Waals surface area contributed by atoms with Crippen LogP contribution in [0.1, 0.15) is 152 Å². The molecule has 0 saturated carbocycles. The normalized spacial score (nSPS) is 22.4. The first-order chi connectivity index (χ1) is 22.8. The van der Waals surface area contributed by atoms with Crippen molar-refractivity contribution in [3.63, 3.8) is 0 Å². The lowest BCUT2D eigenvalue weighted by Crippen LogP contribution is -2.63. The molecule has 4 heterocycles. The van der Waals surface area contributed by atoms with Crippen molar-refractivity contribution in [1.82, 2.24) is 19.8 Å². The predicted octanol–water partition coefficient (Wildman–Crippen LogP) is 11.6. The third-order valence-corrected chi connectivity index (χ3v) is 12.2. The van der Waals surface area contributed by atoms with Gasteiger partial charge in [-0.05, 0) is 123 Å². The van der Waals surface area contributed by atoms with Crippen molar-refractivity contribution < 1.29 is 0 Å². The van der Waals surface area contributed by atoms with Crippen LogP contribution in [0.15, 0.2) is 60.7 Å². The highest BCUT2D eigenvalue weighted by Crippen LogP contribution is 2.48. The number of hydrogen-bond donors (Lipinski definition) is 2. The van der Waals surface area contributed by atoms with Crippen LogP contribution >= 0.6 is 0 Å².